The number of benzene rings is 3. The Balaban J connectivity index is 1.76. The summed E-state index contributed by atoms with van der Waals surface area (Å²) in [7, 11) is 1.62. The summed E-state index contributed by atoms with van der Waals surface area (Å²) in [5, 5.41) is 3.06. The number of halogens is 1. The summed E-state index contributed by atoms with van der Waals surface area (Å²) in [6.07, 6.45) is 1.25. The lowest BCUT2D eigenvalue weighted by Gasteiger charge is -2.32. The van der Waals surface area contributed by atoms with Crippen molar-refractivity contribution < 1.29 is 19.1 Å². The van der Waals surface area contributed by atoms with Crippen molar-refractivity contribution >= 4 is 27.7 Å². The number of methoxy groups -OCH3 is 1. The highest BCUT2D eigenvalue weighted by molar-refractivity contribution is 9.10. The second-order valence-corrected chi connectivity index (χ2v) is 10.5. The SMILES string of the molecule is COc1ccc(OCCCC(=O)N(Cc2ccc(Br)cc2)C(Cc2ccccc2)C(=O)NCC(C)C)cc1. The van der Waals surface area contributed by atoms with Crippen LogP contribution in [-0.2, 0) is 22.6 Å². The third kappa shape index (κ3) is 9.53. The van der Waals surface area contributed by atoms with Crippen molar-refractivity contribution in [2.24, 2.45) is 5.92 Å². The van der Waals surface area contributed by atoms with E-state index in [0.717, 1.165) is 27.1 Å². The largest absolute Gasteiger partial charge is 0.497 e. The first-order valence-electron chi connectivity index (χ1n) is 13.0. The van der Waals surface area contributed by atoms with Crippen molar-refractivity contribution in [2.45, 2.75) is 45.7 Å². The third-order valence-electron chi connectivity index (χ3n) is 6.08. The zero-order chi connectivity index (χ0) is 27.3. The average molecular weight is 582 g/mol. The summed E-state index contributed by atoms with van der Waals surface area (Å²) in [6.45, 7) is 5.41. The van der Waals surface area contributed by atoms with Crippen LogP contribution in [0.1, 0.15) is 37.8 Å². The van der Waals surface area contributed by atoms with Crippen LogP contribution >= 0.6 is 15.9 Å². The van der Waals surface area contributed by atoms with Crippen LogP contribution in [0.4, 0.5) is 0 Å². The number of nitrogens with zero attached hydrogens (tertiary/aromatic N) is 1. The summed E-state index contributed by atoms with van der Waals surface area (Å²) in [4.78, 5) is 28.8. The Labute approximate surface area is 234 Å². The minimum absolute atomic E-state index is 0.0770. The summed E-state index contributed by atoms with van der Waals surface area (Å²) < 4.78 is 12.0. The standard InChI is InChI=1S/C31H37BrN2O4/c1-23(2)21-33-31(36)29(20-24-8-5-4-6-9-24)34(22-25-11-13-26(32)14-12-25)30(35)10-7-19-38-28-17-15-27(37-3)16-18-28/h4-6,8-9,11-18,23,29H,7,10,19-22H2,1-3H3,(H,33,36). The van der Waals surface area contributed by atoms with Crippen LogP contribution < -0.4 is 14.8 Å². The van der Waals surface area contributed by atoms with Crippen molar-refractivity contribution in [3.05, 3.63) is 94.5 Å². The molecule has 1 N–H and O–H groups in total. The van der Waals surface area contributed by atoms with E-state index in [-0.39, 0.29) is 18.2 Å². The smallest absolute Gasteiger partial charge is 0.243 e. The van der Waals surface area contributed by atoms with E-state index >= 15 is 0 Å². The molecule has 0 fully saturated rings. The molecule has 38 heavy (non-hydrogen) atoms. The molecule has 3 aromatic rings. The maximum atomic E-state index is 13.6. The lowest BCUT2D eigenvalue weighted by molar-refractivity contribution is -0.141. The minimum Gasteiger partial charge on any atom is -0.497 e. The number of hydrogen-bond acceptors (Lipinski definition) is 4. The van der Waals surface area contributed by atoms with Crippen molar-refractivity contribution in [1.82, 2.24) is 10.2 Å². The Bertz CT molecular complexity index is 1130. The Morgan fingerprint density at radius 2 is 1.55 bits per heavy atom. The highest BCUT2D eigenvalue weighted by Crippen LogP contribution is 2.20. The molecule has 3 rings (SSSR count). The predicted molar refractivity (Wildman–Crippen MR) is 154 cm³/mol. The average Bonchev–Trinajstić information content (AvgIpc) is 2.93. The van der Waals surface area contributed by atoms with Crippen molar-refractivity contribution in [3.8, 4) is 11.5 Å². The first kappa shape index (κ1) is 29.2. The maximum absolute atomic E-state index is 13.6. The Kier molecular flexibility index (Phi) is 11.7. The maximum Gasteiger partial charge on any atom is 0.243 e. The normalized spacial score (nSPS) is 11.6. The molecule has 3 aromatic carbocycles. The second-order valence-electron chi connectivity index (χ2n) is 9.62. The highest BCUT2D eigenvalue weighted by atomic mass is 79.9. The van der Waals surface area contributed by atoms with Crippen LogP contribution in [0, 0.1) is 5.92 Å². The van der Waals surface area contributed by atoms with E-state index < -0.39 is 6.04 Å². The molecule has 0 bridgehead atoms. The van der Waals surface area contributed by atoms with Gasteiger partial charge in [-0.2, -0.15) is 0 Å². The van der Waals surface area contributed by atoms with Gasteiger partial charge in [-0.15, -0.1) is 0 Å². The van der Waals surface area contributed by atoms with Gasteiger partial charge in [-0.05, 0) is 59.9 Å². The minimum atomic E-state index is -0.630. The topological polar surface area (TPSA) is 67.9 Å². The van der Waals surface area contributed by atoms with Gasteiger partial charge < -0.3 is 19.7 Å². The molecule has 0 aliphatic heterocycles. The first-order chi connectivity index (χ1) is 18.4. The monoisotopic (exact) mass is 580 g/mol. The molecule has 0 saturated heterocycles. The van der Waals surface area contributed by atoms with Gasteiger partial charge in [0.15, 0.2) is 0 Å². The van der Waals surface area contributed by atoms with Crippen LogP contribution in [0.5, 0.6) is 11.5 Å². The van der Waals surface area contributed by atoms with E-state index in [9.17, 15) is 9.59 Å². The van der Waals surface area contributed by atoms with E-state index in [1.807, 2.05) is 78.9 Å². The number of carbonyl (C=O) groups is 2. The molecule has 1 unspecified atom stereocenters. The van der Waals surface area contributed by atoms with Gasteiger partial charge >= 0.3 is 0 Å². The van der Waals surface area contributed by atoms with E-state index in [1.165, 1.54) is 0 Å². The number of carbonyl (C=O) groups excluding carboxylic acids is 2. The van der Waals surface area contributed by atoms with Gasteiger partial charge in [0.1, 0.15) is 17.5 Å². The molecule has 0 radical (unpaired) electrons. The quantitative estimate of drug-likeness (QED) is 0.236. The zero-order valence-electron chi connectivity index (χ0n) is 22.4. The predicted octanol–water partition coefficient (Wildman–Crippen LogP) is 6.03. The molecule has 0 heterocycles. The summed E-state index contributed by atoms with van der Waals surface area (Å²) in [5.41, 5.74) is 1.97. The molecular weight excluding hydrogens is 544 g/mol. The molecule has 6 nitrogen and oxygen atoms in total. The lowest BCUT2D eigenvalue weighted by Crippen LogP contribution is -2.51. The van der Waals surface area contributed by atoms with Gasteiger partial charge in [0, 0.05) is 30.4 Å². The number of ether oxygens (including phenoxy) is 2. The van der Waals surface area contributed by atoms with Crippen LogP contribution in [0.2, 0.25) is 0 Å². The number of hydrogen-bond donors (Lipinski definition) is 1. The summed E-state index contributed by atoms with van der Waals surface area (Å²) in [5.74, 6) is 1.58. The van der Waals surface area contributed by atoms with Crippen LogP contribution in [0.25, 0.3) is 0 Å². The molecule has 1 atom stereocenters. The molecule has 0 saturated carbocycles. The fourth-order valence-corrected chi connectivity index (χ4v) is 4.26. The summed E-state index contributed by atoms with van der Waals surface area (Å²) in [6, 6.07) is 24.4. The fraction of sp³-hybridized carbons (Fsp3) is 0.355. The van der Waals surface area contributed by atoms with Gasteiger partial charge in [0.25, 0.3) is 0 Å². The summed E-state index contributed by atoms with van der Waals surface area (Å²) >= 11 is 3.47. The molecule has 202 valence electrons. The number of nitrogens with one attached hydrogen (secondary N) is 1. The Morgan fingerprint density at radius 3 is 2.18 bits per heavy atom. The van der Waals surface area contributed by atoms with Crippen LogP contribution in [0.3, 0.4) is 0 Å². The van der Waals surface area contributed by atoms with E-state index in [4.69, 9.17) is 9.47 Å². The van der Waals surface area contributed by atoms with Gasteiger partial charge in [-0.3, -0.25) is 9.59 Å². The van der Waals surface area contributed by atoms with Crippen LogP contribution in [0.15, 0.2) is 83.3 Å². The van der Waals surface area contributed by atoms with Crippen molar-refractivity contribution in [3.63, 3.8) is 0 Å². The molecule has 0 aromatic heterocycles. The molecule has 0 aliphatic rings. The van der Waals surface area contributed by atoms with Gasteiger partial charge in [0.2, 0.25) is 11.8 Å². The fourth-order valence-electron chi connectivity index (χ4n) is 3.99. The molecule has 7 heteroatoms. The second kappa shape index (κ2) is 15.2. The van der Waals surface area contributed by atoms with Crippen molar-refractivity contribution in [1.29, 1.82) is 0 Å². The molecular formula is C31H37BrN2O4. The zero-order valence-corrected chi connectivity index (χ0v) is 23.9. The first-order valence-corrected chi connectivity index (χ1v) is 13.8. The van der Waals surface area contributed by atoms with E-state index in [1.54, 1.807) is 12.0 Å². The number of amides is 2. The Hall–Kier alpha value is -3.32. The molecule has 2 amide bonds. The third-order valence-corrected chi connectivity index (χ3v) is 6.61. The van der Waals surface area contributed by atoms with E-state index in [2.05, 4.69) is 35.1 Å². The molecule has 0 spiro atoms. The van der Waals surface area contributed by atoms with Gasteiger partial charge in [-0.25, -0.2) is 0 Å². The Morgan fingerprint density at radius 1 is 0.895 bits per heavy atom. The van der Waals surface area contributed by atoms with Crippen LogP contribution in [-0.4, -0.2) is 43.0 Å². The van der Waals surface area contributed by atoms with Gasteiger partial charge in [0.05, 0.1) is 13.7 Å². The molecule has 0 aliphatic carbocycles. The van der Waals surface area contributed by atoms with Gasteiger partial charge in [-0.1, -0.05) is 72.2 Å². The highest BCUT2D eigenvalue weighted by Gasteiger charge is 2.30. The van der Waals surface area contributed by atoms with Crippen molar-refractivity contribution in [2.75, 3.05) is 20.3 Å². The lowest BCUT2D eigenvalue weighted by atomic mass is 10.0. The van der Waals surface area contributed by atoms with E-state index in [0.29, 0.717) is 38.5 Å². The number of rotatable bonds is 14.